The predicted molar refractivity (Wildman–Crippen MR) is 129 cm³/mol. The van der Waals surface area contributed by atoms with Gasteiger partial charge in [0.1, 0.15) is 6.04 Å². The molecule has 0 bridgehead atoms. The van der Waals surface area contributed by atoms with E-state index in [1.54, 1.807) is 35.3 Å². The smallest absolute Gasteiger partial charge is 0.326 e. The largest absolute Gasteiger partial charge is 0.480 e. The Kier molecular flexibility index (Phi) is 8.26. The summed E-state index contributed by atoms with van der Waals surface area (Å²) in [7, 11) is 1.83. The van der Waals surface area contributed by atoms with Crippen LogP contribution in [0.2, 0.25) is 0 Å². The molecule has 1 unspecified atom stereocenters. The van der Waals surface area contributed by atoms with E-state index in [1.165, 1.54) is 11.8 Å². The first-order valence-corrected chi connectivity index (χ1v) is 11.8. The second-order valence-corrected chi connectivity index (χ2v) is 8.51. The SMILES string of the molecule is CSCCC(NC(=O)c1ccc(NC(=O)Cc2cn(C)cn2)cc1-c1ccccc1)C(=O)O. The molecule has 0 saturated carbocycles. The molecule has 0 radical (unpaired) electrons. The van der Waals surface area contributed by atoms with Crippen LogP contribution in [0.25, 0.3) is 11.1 Å². The molecule has 2 aromatic carbocycles. The van der Waals surface area contributed by atoms with Crippen LogP contribution in [-0.2, 0) is 23.1 Å². The van der Waals surface area contributed by atoms with Crippen LogP contribution in [0.3, 0.4) is 0 Å². The Bertz CT molecular complexity index is 1130. The van der Waals surface area contributed by atoms with E-state index in [-0.39, 0.29) is 12.3 Å². The summed E-state index contributed by atoms with van der Waals surface area (Å²) in [6, 6.07) is 13.2. The number of hydrogen-bond acceptors (Lipinski definition) is 5. The van der Waals surface area contributed by atoms with Crippen molar-refractivity contribution >= 4 is 35.2 Å². The van der Waals surface area contributed by atoms with Crippen LogP contribution in [0.4, 0.5) is 5.69 Å². The summed E-state index contributed by atoms with van der Waals surface area (Å²) < 4.78 is 1.77. The van der Waals surface area contributed by atoms with Gasteiger partial charge in [0.15, 0.2) is 0 Å². The molecule has 0 aliphatic rings. The van der Waals surface area contributed by atoms with Gasteiger partial charge in [-0.3, -0.25) is 9.59 Å². The molecule has 3 aromatic rings. The number of imidazole rings is 1. The van der Waals surface area contributed by atoms with Crippen molar-refractivity contribution in [2.45, 2.75) is 18.9 Å². The van der Waals surface area contributed by atoms with Gasteiger partial charge in [-0.2, -0.15) is 11.8 Å². The fraction of sp³-hybridized carbons (Fsp3) is 0.250. The number of thioether (sulfide) groups is 1. The molecular weight excluding hydrogens is 440 g/mol. The van der Waals surface area contributed by atoms with Gasteiger partial charge in [-0.25, -0.2) is 9.78 Å². The van der Waals surface area contributed by atoms with E-state index in [1.807, 2.05) is 43.6 Å². The zero-order valence-corrected chi connectivity index (χ0v) is 19.3. The Labute approximate surface area is 196 Å². The number of aromatic nitrogens is 2. The van der Waals surface area contributed by atoms with Crippen molar-refractivity contribution in [2.24, 2.45) is 7.05 Å². The van der Waals surface area contributed by atoms with E-state index in [0.717, 1.165) is 5.56 Å². The molecule has 0 aliphatic heterocycles. The Hall–Kier alpha value is -3.59. The highest BCUT2D eigenvalue weighted by Crippen LogP contribution is 2.27. The highest BCUT2D eigenvalue weighted by atomic mass is 32.2. The van der Waals surface area contributed by atoms with Crippen LogP contribution in [0, 0.1) is 0 Å². The maximum atomic E-state index is 13.0. The van der Waals surface area contributed by atoms with Crippen molar-refractivity contribution in [3.63, 3.8) is 0 Å². The molecule has 1 heterocycles. The van der Waals surface area contributed by atoms with Crippen LogP contribution in [0.5, 0.6) is 0 Å². The number of amides is 2. The second kappa shape index (κ2) is 11.3. The molecule has 8 nitrogen and oxygen atoms in total. The third-order valence-corrected chi connectivity index (χ3v) is 5.59. The lowest BCUT2D eigenvalue weighted by Gasteiger charge is -2.17. The molecule has 3 rings (SSSR count). The lowest BCUT2D eigenvalue weighted by atomic mass is 9.98. The normalized spacial score (nSPS) is 11.6. The topological polar surface area (TPSA) is 113 Å². The minimum absolute atomic E-state index is 0.124. The lowest BCUT2D eigenvalue weighted by molar-refractivity contribution is -0.139. The summed E-state index contributed by atoms with van der Waals surface area (Å²) in [5.41, 5.74) is 2.89. The number of benzene rings is 2. The quantitative estimate of drug-likeness (QED) is 0.423. The summed E-state index contributed by atoms with van der Waals surface area (Å²) in [4.78, 5) is 41.2. The average Bonchev–Trinajstić information content (AvgIpc) is 3.21. The van der Waals surface area contributed by atoms with Crippen LogP contribution < -0.4 is 10.6 Å². The minimum Gasteiger partial charge on any atom is -0.480 e. The van der Waals surface area contributed by atoms with Crippen molar-refractivity contribution in [3.8, 4) is 11.1 Å². The third-order valence-electron chi connectivity index (χ3n) is 4.95. The Morgan fingerprint density at radius 1 is 1.15 bits per heavy atom. The molecule has 3 N–H and O–H groups in total. The number of aryl methyl sites for hydroxylation is 1. The lowest BCUT2D eigenvalue weighted by Crippen LogP contribution is -2.41. The molecular formula is C24H26N4O4S. The molecule has 0 fully saturated rings. The van der Waals surface area contributed by atoms with E-state index in [4.69, 9.17) is 0 Å². The number of carboxylic acids is 1. The van der Waals surface area contributed by atoms with Gasteiger partial charge in [-0.15, -0.1) is 0 Å². The van der Waals surface area contributed by atoms with Gasteiger partial charge < -0.3 is 20.3 Å². The van der Waals surface area contributed by atoms with Gasteiger partial charge in [0.2, 0.25) is 5.91 Å². The van der Waals surface area contributed by atoms with E-state index < -0.39 is 17.9 Å². The highest BCUT2D eigenvalue weighted by Gasteiger charge is 2.22. The number of aliphatic carboxylic acids is 1. The van der Waals surface area contributed by atoms with Crippen LogP contribution in [0.15, 0.2) is 61.1 Å². The summed E-state index contributed by atoms with van der Waals surface area (Å²) in [6.45, 7) is 0. The Morgan fingerprint density at radius 2 is 1.91 bits per heavy atom. The van der Waals surface area contributed by atoms with Crippen molar-refractivity contribution in [2.75, 3.05) is 17.3 Å². The first-order chi connectivity index (χ1) is 15.9. The number of hydrogen-bond donors (Lipinski definition) is 3. The standard InChI is InChI=1S/C24H26N4O4S/c1-28-14-18(25-15-28)13-22(29)26-17-8-9-19(20(12-17)16-6-4-3-5-7-16)23(30)27-21(24(31)32)10-11-33-2/h3-9,12,14-15,21H,10-11,13H2,1-2H3,(H,26,29)(H,27,30)(H,31,32). The summed E-state index contributed by atoms with van der Waals surface area (Å²) in [5.74, 6) is -1.16. The number of nitrogens with zero attached hydrogens (tertiary/aromatic N) is 2. The molecule has 9 heteroatoms. The average molecular weight is 467 g/mol. The number of rotatable bonds is 10. The summed E-state index contributed by atoms with van der Waals surface area (Å²) in [6.07, 6.45) is 5.74. The van der Waals surface area contributed by atoms with Gasteiger partial charge in [-0.05, 0) is 47.8 Å². The first kappa shape index (κ1) is 24.1. The van der Waals surface area contributed by atoms with Crippen molar-refractivity contribution in [3.05, 3.63) is 72.3 Å². The fourth-order valence-corrected chi connectivity index (χ4v) is 3.80. The third kappa shape index (κ3) is 6.69. The molecule has 0 aliphatic carbocycles. The second-order valence-electron chi connectivity index (χ2n) is 7.53. The van der Waals surface area contributed by atoms with Gasteiger partial charge in [0, 0.05) is 24.5 Å². The van der Waals surface area contributed by atoms with Crippen LogP contribution in [-0.4, -0.2) is 50.5 Å². The van der Waals surface area contributed by atoms with E-state index in [9.17, 15) is 19.5 Å². The van der Waals surface area contributed by atoms with Crippen molar-refractivity contribution < 1.29 is 19.5 Å². The number of carbonyl (C=O) groups is 3. The van der Waals surface area contributed by atoms with Crippen molar-refractivity contribution in [1.29, 1.82) is 0 Å². The zero-order chi connectivity index (χ0) is 23.8. The molecule has 0 saturated heterocycles. The van der Waals surface area contributed by atoms with Gasteiger partial charge >= 0.3 is 5.97 Å². The van der Waals surface area contributed by atoms with E-state index >= 15 is 0 Å². The predicted octanol–water partition coefficient (Wildman–Crippen LogP) is 3.20. The monoisotopic (exact) mass is 466 g/mol. The van der Waals surface area contributed by atoms with Gasteiger partial charge in [0.25, 0.3) is 5.91 Å². The van der Waals surface area contributed by atoms with Gasteiger partial charge in [-0.1, -0.05) is 30.3 Å². The molecule has 2 amide bonds. The number of anilines is 1. The van der Waals surface area contributed by atoms with Gasteiger partial charge in [0.05, 0.1) is 18.4 Å². The summed E-state index contributed by atoms with van der Waals surface area (Å²) >= 11 is 1.52. The zero-order valence-electron chi connectivity index (χ0n) is 18.4. The number of nitrogens with one attached hydrogen (secondary N) is 2. The first-order valence-electron chi connectivity index (χ1n) is 10.4. The molecule has 33 heavy (non-hydrogen) atoms. The highest BCUT2D eigenvalue weighted by molar-refractivity contribution is 7.98. The Morgan fingerprint density at radius 3 is 2.55 bits per heavy atom. The number of carboxylic acid groups (broad SMARTS) is 1. The maximum Gasteiger partial charge on any atom is 0.326 e. The van der Waals surface area contributed by atoms with Crippen LogP contribution in [0.1, 0.15) is 22.5 Å². The Balaban J connectivity index is 1.85. The van der Waals surface area contributed by atoms with E-state index in [2.05, 4.69) is 15.6 Å². The molecule has 1 atom stereocenters. The van der Waals surface area contributed by atoms with Crippen LogP contribution >= 0.6 is 11.8 Å². The van der Waals surface area contributed by atoms with Crippen molar-refractivity contribution in [1.82, 2.24) is 14.9 Å². The molecule has 172 valence electrons. The van der Waals surface area contributed by atoms with E-state index in [0.29, 0.717) is 34.7 Å². The summed E-state index contributed by atoms with van der Waals surface area (Å²) in [5, 5.41) is 14.9. The fourth-order valence-electron chi connectivity index (χ4n) is 3.33. The minimum atomic E-state index is -1.07. The number of carbonyl (C=O) groups excluding carboxylic acids is 2. The maximum absolute atomic E-state index is 13.0. The molecule has 0 spiro atoms. The molecule has 1 aromatic heterocycles.